The van der Waals surface area contributed by atoms with Crippen LogP contribution in [-0.2, 0) is 0 Å². The molecule has 1 rings (SSSR count). The number of ether oxygens (including phenoxy) is 2. The summed E-state index contributed by atoms with van der Waals surface area (Å²) in [7, 11) is 2.74. The second-order valence-corrected chi connectivity index (χ2v) is 3.99. The van der Waals surface area contributed by atoms with Gasteiger partial charge in [-0.15, -0.1) is 0 Å². The molecule has 1 aromatic rings. The van der Waals surface area contributed by atoms with Gasteiger partial charge >= 0.3 is 0 Å². The number of rotatable bonds is 6. The number of nitrogen functional groups attached to an aromatic ring is 1. The van der Waals surface area contributed by atoms with Crippen molar-refractivity contribution in [3.8, 4) is 11.5 Å². The van der Waals surface area contributed by atoms with E-state index in [1.54, 1.807) is 0 Å². The molecule has 0 atom stereocenters. The van der Waals surface area contributed by atoms with Crippen LogP contribution in [0.5, 0.6) is 11.5 Å². The topological polar surface area (TPSA) is 93.8 Å². The molecule has 0 saturated carbocycles. The van der Waals surface area contributed by atoms with E-state index in [2.05, 4.69) is 0 Å². The number of carbonyl (C=O) groups is 1. The maximum atomic E-state index is 12.9. The molecule has 0 aliphatic heterocycles. The zero-order valence-electron chi connectivity index (χ0n) is 11.1. The van der Waals surface area contributed by atoms with Crippen molar-refractivity contribution in [3.05, 3.63) is 17.7 Å². The Hall–Kier alpha value is -2.09. The zero-order chi connectivity index (χ0) is 15.3. The summed E-state index contributed by atoms with van der Waals surface area (Å²) in [5.74, 6) is -3.71. The minimum absolute atomic E-state index is 0.0121. The van der Waals surface area contributed by atoms with Crippen LogP contribution in [0, 0.1) is 0 Å². The van der Waals surface area contributed by atoms with E-state index in [0.29, 0.717) is 5.75 Å². The smallest absolute Gasteiger partial charge is 0.287 e. The van der Waals surface area contributed by atoms with E-state index in [-0.39, 0.29) is 17.0 Å². The van der Waals surface area contributed by atoms with Crippen LogP contribution in [0.15, 0.2) is 12.1 Å². The van der Waals surface area contributed by atoms with E-state index in [9.17, 15) is 13.6 Å². The van der Waals surface area contributed by atoms with Crippen LogP contribution in [0.2, 0.25) is 0 Å². The van der Waals surface area contributed by atoms with Crippen molar-refractivity contribution in [2.75, 3.05) is 33.1 Å². The molecular weight excluding hydrogens is 274 g/mol. The van der Waals surface area contributed by atoms with Gasteiger partial charge in [0.1, 0.15) is 18.1 Å². The van der Waals surface area contributed by atoms with Gasteiger partial charge in [-0.05, 0) is 6.07 Å². The molecule has 0 saturated heterocycles. The fourth-order valence-electron chi connectivity index (χ4n) is 1.44. The second-order valence-electron chi connectivity index (χ2n) is 3.99. The van der Waals surface area contributed by atoms with Gasteiger partial charge in [0, 0.05) is 6.07 Å². The number of carbonyl (C=O) groups excluding carboxylic acids is 1. The van der Waals surface area contributed by atoms with Crippen LogP contribution in [0.25, 0.3) is 0 Å². The fourth-order valence-corrected chi connectivity index (χ4v) is 1.44. The number of hydrogen-bond acceptors (Lipinski definition) is 5. The van der Waals surface area contributed by atoms with E-state index in [1.165, 1.54) is 26.4 Å². The number of nitrogens with one attached hydrogen (secondary N) is 1. The molecule has 1 aromatic carbocycles. The van der Waals surface area contributed by atoms with Crippen LogP contribution < -0.4 is 20.5 Å². The van der Waals surface area contributed by atoms with E-state index >= 15 is 0 Å². The molecule has 0 heterocycles. The molecule has 0 bridgehead atoms. The van der Waals surface area contributed by atoms with Crippen LogP contribution in [0.4, 0.5) is 14.5 Å². The molecule has 0 aromatic heterocycles. The number of hydrogen-bond donors (Lipinski definition) is 3. The molecule has 4 N–H and O–H groups in total. The molecule has 0 unspecified atom stereocenters. The van der Waals surface area contributed by atoms with E-state index in [0.717, 1.165) is 0 Å². The van der Waals surface area contributed by atoms with Crippen LogP contribution in [0.1, 0.15) is 10.4 Å². The first-order chi connectivity index (χ1) is 9.34. The van der Waals surface area contributed by atoms with Crippen molar-refractivity contribution in [3.63, 3.8) is 0 Å². The second kappa shape index (κ2) is 6.38. The van der Waals surface area contributed by atoms with Crippen molar-refractivity contribution in [1.29, 1.82) is 0 Å². The van der Waals surface area contributed by atoms with E-state index < -0.39 is 25.0 Å². The van der Waals surface area contributed by atoms with Crippen LogP contribution in [0.3, 0.4) is 0 Å². The number of alkyl halides is 2. The van der Waals surface area contributed by atoms with Gasteiger partial charge < -0.3 is 25.6 Å². The van der Waals surface area contributed by atoms with Gasteiger partial charge in [-0.25, -0.2) is 8.78 Å². The summed E-state index contributed by atoms with van der Waals surface area (Å²) in [6.07, 6.45) is 0. The highest BCUT2D eigenvalue weighted by atomic mass is 19.3. The Morgan fingerprint density at radius 1 is 1.40 bits per heavy atom. The predicted octanol–water partition coefficient (Wildman–Crippen LogP) is 0.643. The monoisotopic (exact) mass is 290 g/mol. The Balaban J connectivity index is 2.97. The molecule has 20 heavy (non-hydrogen) atoms. The number of amides is 1. The van der Waals surface area contributed by atoms with Gasteiger partial charge in [-0.2, -0.15) is 0 Å². The summed E-state index contributed by atoms with van der Waals surface area (Å²) < 4.78 is 35.7. The molecule has 0 radical (unpaired) electrons. The third-order valence-electron chi connectivity index (χ3n) is 2.55. The molecule has 112 valence electrons. The van der Waals surface area contributed by atoms with Gasteiger partial charge in [0.05, 0.1) is 32.0 Å². The summed E-state index contributed by atoms with van der Waals surface area (Å²) >= 11 is 0. The fraction of sp³-hybridized carbons (Fsp3) is 0.417. The summed E-state index contributed by atoms with van der Waals surface area (Å²) in [6, 6.07) is 2.78. The summed E-state index contributed by atoms with van der Waals surface area (Å²) in [4.78, 5) is 11.8. The van der Waals surface area contributed by atoms with Crippen molar-refractivity contribution < 1.29 is 28.2 Å². The maximum Gasteiger partial charge on any atom is 0.287 e. The van der Waals surface area contributed by atoms with E-state index in [4.69, 9.17) is 20.3 Å². The molecule has 1 amide bonds. The number of aliphatic hydroxyl groups is 1. The minimum atomic E-state index is -3.40. The Bertz CT molecular complexity index is 495. The normalized spacial score (nSPS) is 11.1. The molecule has 0 fully saturated rings. The standard InChI is InChI=1S/C12H16F2N2O4/c1-19-7-3-8(10(15)9(4-7)20-2)11(18)16-5-12(13,14)6-17/h3-4,17H,5-6,15H2,1-2H3,(H,16,18). The number of methoxy groups -OCH3 is 2. The number of aliphatic hydroxyl groups excluding tert-OH is 1. The minimum Gasteiger partial charge on any atom is -0.497 e. The predicted molar refractivity (Wildman–Crippen MR) is 68.3 cm³/mol. The molecule has 0 aliphatic rings. The van der Waals surface area contributed by atoms with Gasteiger partial charge in [-0.1, -0.05) is 0 Å². The lowest BCUT2D eigenvalue weighted by Crippen LogP contribution is -2.39. The maximum absolute atomic E-state index is 12.9. The molecule has 0 aliphatic carbocycles. The Kier molecular flexibility index (Phi) is 5.09. The van der Waals surface area contributed by atoms with Crippen molar-refractivity contribution >= 4 is 11.6 Å². The van der Waals surface area contributed by atoms with Crippen molar-refractivity contribution in [2.24, 2.45) is 0 Å². The van der Waals surface area contributed by atoms with Crippen LogP contribution >= 0.6 is 0 Å². The highest BCUT2D eigenvalue weighted by molar-refractivity contribution is 6.01. The average Bonchev–Trinajstić information content (AvgIpc) is 2.45. The third kappa shape index (κ3) is 3.70. The number of halogens is 2. The average molecular weight is 290 g/mol. The lowest BCUT2D eigenvalue weighted by molar-refractivity contribution is -0.0461. The van der Waals surface area contributed by atoms with Crippen molar-refractivity contribution in [1.82, 2.24) is 5.32 Å². The quantitative estimate of drug-likeness (QED) is 0.669. The molecule has 8 heteroatoms. The zero-order valence-corrected chi connectivity index (χ0v) is 11.1. The van der Waals surface area contributed by atoms with Crippen molar-refractivity contribution in [2.45, 2.75) is 5.92 Å². The largest absolute Gasteiger partial charge is 0.497 e. The Labute approximate surface area is 114 Å². The summed E-state index contributed by atoms with van der Waals surface area (Å²) in [5.41, 5.74) is 5.68. The summed E-state index contributed by atoms with van der Waals surface area (Å²) in [5, 5.41) is 10.4. The Morgan fingerprint density at radius 2 is 2.05 bits per heavy atom. The first kappa shape index (κ1) is 16.0. The SMILES string of the molecule is COc1cc(OC)c(N)c(C(=O)NCC(F)(F)CO)c1. The lowest BCUT2D eigenvalue weighted by atomic mass is 10.1. The number of nitrogens with two attached hydrogens (primary N) is 1. The van der Waals surface area contributed by atoms with Gasteiger partial charge in [0.25, 0.3) is 11.8 Å². The number of benzene rings is 1. The van der Waals surface area contributed by atoms with Gasteiger partial charge in [-0.3, -0.25) is 4.79 Å². The first-order valence-electron chi connectivity index (χ1n) is 5.63. The Morgan fingerprint density at radius 3 is 2.55 bits per heavy atom. The highest BCUT2D eigenvalue weighted by Gasteiger charge is 2.29. The lowest BCUT2D eigenvalue weighted by Gasteiger charge is -2.16. The number of anilines is 1. The van der Waals surface area contributed by atoms with Gasteiger partial charge in [0.2, 0.25) is 0 Å². The third-order valence-corrected chi connectivity index (χ3v) is 2.55. The molecule has 0 spiro atoms. The van der Waals surface area contributed by atoms with Crippen LogP contribution in [-0.4, -0.2) is 44.3 Å². The van der Waals surface area contributed by atoms with Gasteiger partial charge in [0.15, 0.2) is 0 Å². The molecular formula is C12H16F2N2O4. The highest BCUT2D eigenvalue weighted by Crippen LogP contribution is 2.31. The first-order valence-corrected chi connectivity index (χ1v) is 5.63. The molecule has 6 nitrogen and oxygen atoms in total. The van der Waals surface area contributed by atoms with E-state index in [1.807, 2.05) is 5.32 Å². The summed E-state index contributed by atoms with van der Waals surface area (Å²) in [6.45, 7) is -2.36.